The molecule has 1 aliphatic carbocycles. The maximum atomic E-state index is 3.33. The van der Waals surface area contributed by atoms with Gasteiger partial charge in [0.05, 0.1) is 0 Å². The van der Waals surface area contributed by atoms with Crippen LogP contribution in [0.3, 0.4) is 0 Å². The molecule has 0 unspecified atom stereocenters. The van der Waals surface area contributed by atoms with E-state index in [4.69, 9.17) is 0 Å². The Morgan fingerprint density at radius 1 is 0.750 bits per heavy atom. The topological polar surface area (TPSA) is 15.8 Å². The number of H-pyrrole nitrogens is 1. The number of hydrogen-bond donors (Lipinski definition) is 1. The van der Waals surface area contributed by atoms with Crippen molar-refractivity contribution in [1.82, 2.24) is 4.98 Å². The Morgan fingerprint density at radius 2 is 1.31 bits per heavy atom. The van der Waals surface area contributed by atoms with Gasteiger partial charge in [0.25, 0.3) is 0 Å². The molecule has 2 rings (SSSR count). The van der Waals surface area contributed by atoms with E-state index in [0.717, 1.165) is 5.69 Å². The number of fused-ring (bicyclic) bond motifs is 1. The summed E-state index contributed by atoms with van der Waals surface area (Å²) in [5.41, 5.74) is 3.55. The molecular formula is C15H15N. The largest absolute Gasteiger partial charge is 0.359 e. The molecule has 0 amide bonds. The Bertz CT molecular complexity index is 450. The minimum Gasteiger partial charge on any atom is -0.359 e. The van der Waals surface area contributed by atoms with Gasteiger partial charge in [0.15, 0.2) is 0 Å². The molecule has 0 aromatic carbocycles. The van der Waals surface area contributed by atoms with Crippen LogP contribution in [-0.4, -0.2) is 4.98 Å². The lowest BCUT2D eigenvalue weighted by atomic mass is 10.2. The summed E-state index contributed by atoms with van der Waals surface area (Å²) >= 11 is 0. The van der Waals surface area contributed by atoms with Gasteiger partial charge < -0.3 is 4.98 Å². The molecule has 1 N–H and O–H groups in total. The first-order chi connectivity index (χ1) is 7.86. The Balaban J connectivity index is 2.38. The Kier molecular flexibility index (Phi) is 3.39. The monoisotopic (exact) mass is 209 g/mol. The molecule has 16 heavy (non-hydrogen) atoms. The molecule has 0 aliphatic heterocycles. The van der Waals surface area contributed by atoms with E-state index in [1.807, 2.05) is 42.5 Å². The van der Waals surface area contributed by atoms with Gasteiger partial charge in [-0.3, -0.25) is 0 Å². The van der Waals surface area contributed by atoms with Gasteiger partial charge in [-0.15, -0.1) is 0 Å². The molecule has 0 saturated carbocycles. The Hall–Kier alpha value is -2.02. The van der Waals surface area contributed by atoms with Crippen molar-refractivity contribution in [2.24, 2.45) is 0 Å². The zero-order valence-electron chi connectivity index (χ0n) is 9.35. The summed E-state index contributed by atoms with van der Waals surface area (Å²) in [5.74, 6) is 0. The number of allylic oxidation sites excluding steroid dienone is 8. The highest BCUT2D eigenvalue weighted by Crippen LogP contribution is 2.14. The molecule has 80 valence electrons. The van der Waals surface area contributed by atoms with Gasteiger partial charge in [0.1, 0.15) is 0 Å². The van der Waals surface area contributed by atoms with E-state index < -0.39 is 0 Å². The van der Waals surface area contributed by atoms with Crippen LogP contribution in [0.2, 0.25) is 0 Å². The molecule has 0 spiro atoms. The van der Waals surface area contributed by atoms with E-state index in [2.05, 4.69) is 36.2 Å². The van der Waals surface area contributed by atoms with Crippen molar-refractivity contribution in [3.8, 4) is 0 Å². The lowest BCUT2D eigenvalue weighted by Crippen LogP contribution is -1.75. The summed E-state index contributed by atoms with van der Waals surface area (Å²) in [6.07, 6.45) is 20.4. The molecule has 1 heterocycles. The quantitative estimate of drug-likeness (QED) is 0.664. The highest BCUT2D eigenvalue weighted by molar-refractivity contribution is 5.65. The van der Waals surface area contributed by atoms with Crippen LogP contribution in [-0.2, 0) is 0 Å². The van der Waals surface area contributed by atoms with Crippen molar-refractivity contribution in [1.29, 1.82) is 0 Å². The molecule has 0 saturated heterocycles. The molecule has 0 atom stereocenters. The van der Waals surface area contributed by atoms with Crippen LogP contribution in [0, 0.1) is 6.92 Å². The third kappa shape index (κ3) is 2.74. The van der Waals surface area contributed by atoms with Crippen molar-refractivity contribution in [2.45, 2.75) is 6.92 Å². The molecule has 0 radical (unpaired) electrons. The van der Waals surface area contributed by atoms with E-state index in [0.29, 0.717) is 0 Å². The predicted molar refractivity (Wildman–Crippen MR) is 71.0 cm³/mol. The highest BCUT2D eigenvalue weighted by Gasteiger charge is 1.98. The predicted octanol–water partition coefficient (Wildman–Crippen LogP) is 4.03. The van der Waals surface area contributed by atoms with E-state index in [1.165, 1.54) is 11.3 Å². The molecule has 0 fully saturated rings. The number of nitrogens with one attached hydrogen (secondary N) is 1. The molecule has 1 aromatic heterocycles. The van der Waals surface area contributed by atoms with Gasteiger partial charge >= 0.3 is 0 Å². The highest BCUT2D eigenvalue weighted by atomic mass is 14.7. The minimum atomic E-state index is 1.15. The fourth-order valence-corrected chi connectivity index (χ4v) is 1.60. The van der Waals surface area contributed by atoms with Gasteiger partial charge in [-0.2, -0.15) is 0 Å². The van der Waals surface area contributed by atoms with Crippen LogP contribution in [0.25, 0.3) is 12.2 Å². The number of aromatic nitrogens is 1. The number of hydrogen-bond acceptors (Lipinski definition) is 0. The van der Waals surface area contributed by atoms with Gasteiger partial charge in [-0.25, -0.2) is 0 Å². The summed E-state index contributed by atoms with van der Waals surface area (Å²) in [4.78, 5) is 3.33. The molecule has 1 aliphatic rings. The normalized spacial score (nSPS) is 24.6. The third-order valence-electron chi connectivity index (χ3n) is 2.33. The zero-order valence-corrected chi connectivity index (χ0v) is 9.35. The fourth-order valence-electron chi connectivity index (χ4n) is 1.60. The summed E-state index contributed by atoms with van der Waals surface area (Å²) in [5, 5.41) is 0. The Morgan fingerprint density at radius 3 is 2.00 bits per heavy atom. The fraction of sp³-hybridized carbons (Fsp3) is 0.0667. The van der Waals surface area contributed by atoms with Crippen LogP contribution in [0.1, 0.15) is 17.0 Å². The number of aryl methyl sites for hydroxylation is 1. The van der Waals surface area contributed by atoms with Gasteiger partial charge in [-0.1, -0.05) is 54.7 Å². The van der Waals surface area contributed by atoms with Crippen LogP contribution >= 0.6 is 0 Å². The first-order valence-electron chi connectivity index (χ1n) is 5.40. The maximum absolute atomic E-state index is 3.33. The zero-order chi connectivity index (χ0) is 11.2. The van der Waals surface area contributed by atoms with Gasteiger partial charge in [0.2, 0.25) is 0 Å². The van der Waals surface area contributed by atoms with Gasteiger partial charge in [0, 0.05) is 11.4 Å². The summed E-state index contributed by atoms with van der Waals surface area (Å²) < 4.78 is 0. The van der Waals surface area contributed by atoms with Crippen LogP contribution in [0.15, 0.2) is 54.7 Å². The molecular weight excluding hydrogens is 194 g/mol. The average Bonchev–Trinajstić information content (AvgIpc) is 2.59. The van der Waals surface area contributed by atoms with Crippen molar-refractivity contribution < 1.29 is 0 Å². The van der Waals surface area contributed by atoms with Crippen molar-refractivity contribution in [2.75, 3.05) is 0 Å². The van der Waals surface area contributed by atoms with E-state index in [-0.39, 0.29) is 0 Å². The second kappa shape index (κ2) is 5.17. The summed E-state index contributed by atoms with van der Waals surface area (Å²) in [6, 6.07) is 2.15. The lowest BCUT2D eigenvalue weighted by molar-refractivity contribution is 1.25. The first-order valence-corrected chi connectivity index (χ1v) is 5.40. The van der Waals surface area contributed by atoms with Crippen molar-refractivity contribution >= 4 is 12.2 Å². The number of rotatable bonds is 0. The molecule has 1 nitrogen and oxygen atoms in total. The van der Waals surface area contributed by atoms with E-state index >= 15 is 0 Å². The average molecular weight is 209 g/mol. The maximum Gasteiger partial charge on any atom is 0.0455 e. The van der Waals surface area contributed by atoms with E-state index in [9.17, 15) is 0 Å². The minimum absolute atomic E-state index is 1.15. The second-order valence-corrected chi connectivity index (χ2v) is 3.69. The van der Waals surface area contributed by atoms with Gasteiger partial charge in [-0.05, 0) is 24.6 Å². The first kappa shape index (κ1) is 10.5. The second-order valence-electron chi connectivity index (χ2n) is 3.69. The molecule has 1 heteroatoms. The standard InChI is InChI=1S/C15H15N/c1-13-12-14-10-8-6-4-2-3-5-7-9-11-15(14)16-13/h2-12,16H,1H3/b3-2-,4-2?,5-3?,6-4-,7-5-,8-6?,9-7?,10-8-,11-9-,14-10?,15-11?. The van der Waals surface area contributed by atoms with Crippen LogP contribution < -0.4 is 0 Å². The SMILES string of the molecule is Cc1cc2c([nH]1)\C=C/C=C\C=C/C=C\C=C/2. The summed E-state index contributed by atoms with van der Waals surface area (Å²) in [7, 11) is 0. The Labute approximate surface area is 96.2 Å². The molecule has 0 bridgehead atoms. The number of aromatic amines is 1. The van der Waals surface area contributed by atoms with E-state index in [1.54, 1.807) is 0 Å². The lowest BCUT2D eigenvalue weighted by Gasteiger charge is -1.91. The van der Waals surface area contributed by atoms with Crippen LogP contribution in [0.4, 0.5) is 0 Å². The smallest absolute Gasteiger partial charge is 0.0455 e. The third-order valence-corrected chi connectivity index (χ3v) is 2.33. The summed E-state index contributed by atoms with van der Waals surface area (Å²) in [6.45, 7) is 2.07. The molecule has 1 aromatic rings. The van der Waals surface area contributed by atoms with Crippen LogP contribution in [0.5, 0.6) is 0 Å². The van der Waals surface area contributed by atoms with Crippen molar-refractivity contribution in [3.63, 3.8) is 0 Å². The van der Waals surface area contributed by atoms with Crippen molar-refractivity contribution in [3.05, 3.63) is 71.6 Å².